The lowest BCUT2D eigenvalue weighted by molar-refractivity contribution is 0.137. The summed E-state index contributed by atoms with van der Waals surface area (Å²) in [5, 5.41) is 5.85. The molecule has 5 nitrogen and oxygen atoms in total. The van der Waals surface area contributed by atoms with Crippen LogP contribution in [0, 0.1) is 5.92 Å². The van der Waals surface area contributed by atoms with Crippen molar-refractivity contribution in [3.63, 3.8) is 0 Å². The summed E-state index contributed by atoms with van der Waals surface area (Å²) in [7, 11) is 1.68. The highest BCUT2D eigenvalue weighted by atomic mass is 32.1. The molecule has 0 spiro atoms. The number of thiophene rings is 1. The van der Waals surface area contributed by atoms with Crippen molar-refractivity contribution in [2.75, 3.05) is 40.0 Å². The van der Waals surface area contributed by atoms with E-state index in [0.717, 1.165) is 41.8 Å². The first-order valence-electron chi connectivity index (χ1n) is 10.2. The van der Waals surface area contributed by atoms with Gasteiger partial charge in [0.25, 0.3) is 0 Å². The van der Waals surface area contributed by atoms with E-state index in [1.165, 1.54) is 30.8 Å². The van der Waals surface area contributed by atoms with Gasteiger partial charge in [-0.1, -0.05) is 13.0 Å². The van der Waals surface area contributed by atoms with Gasteiger partial charge in [0.2, 0.25) is 5.75 Å². The SMILES string of the molecule is COc1cc(CNC[C@H](c2cccs2)N2CCC(C)CC2)cc2c1OCCO2. The van der Waals surface area contributed by atoms with Crippen LogP contribution in [0.1, 0.15) is 36.2 Å². The minimum Gasteiger partial charge on any atom is -0.493 e. The zero-order chi connectivity index (χ0) is 19.3. The summed E-state index contributed by atoms with van der Waals surface area (Å²) < 4.78 is 17.0. The van der Waals surface area contributed by atoms with Crippen molar-refractivity contribution in [3.8, 4) is 17.2 Å². The first-order valence-corrected chi connectivity index (χ1v) is 11.1. The Bertz CT molecular complexity index is 740. The van der Waals surface area contributed by atoms with Gasteiger partial charge in [-0.3, -0.25) is 4.90 Å². The molecule has 2 aliphatic rings. The lowest BCUT2D eigenvalue weighted by Gasteiger charge is -2.36. The van der Waals surface area contributed by atoms with Crippen molar-refractivity contribution in [3.05, 3.63) is 40.1 Å². The molecule has 0 radical (unpaired) electrons. The van der Waals surface area contributed by atoms with Gasteiger partial charge in [-0.05, 0) is 61.0 Å². The van der Waals surface area contributed by atoms with Crippen molar-refractivity contribution < 1.29 is 14.2 Å². The molecular formula is C22H30N2O3S. The van der Waals surface area contributed by atoms with Gasteiger partial charge in [0, 0.05) is 18.0 Å². The van der Waals surface area contributed by atoms with E-state index in [0.29, 0.717) is 19.3 Å². The molecule has 152 valence electrons. The van der Waals surface area contributed by atoms with Crippen molar-refractivity contribution in [1.29, 1.82) is 0 Å². The van der Waals surface area contributed by atoms with E-state index in [1.807, 2.05) is 17.4 Å². The summed E-state index contributed by atoms with van der Waals surface area (Å²) in [4.78, 5) is 4.09. The third-order valence-corrected chi connectivity index (χ3v) is 6.66. The van der Waals surface area contributed by atoms with Crippen LogP contribution in [0.15, 0.2) is 29.6 Å². The van der Waals surface area contributed by atoms with E-state index in [2.05, 4.69) is 40.7 Å². The van der Waals surface area contributed by atoms with Gasteiger partial charge in [0.05, 0.1) is 13.2 Å². The van der Waals surface area contributed by atoms with Gasteiger partial charge < -0.3 is 19.5 Å². The Morgan fingerprint density at radius 2 is 2.07 bits per heavy atom. The summed E-state index contributed by atoms with van der Waals surface area (Å²) in [6.45, 7) is 7.60. The monoisotopic (exact) mass is 402 g/mol. The summed E-state index contributed by atoms with van der Waals surface area (Å²) in [6.07, 6.45) is 2.59. The zero-order valence-electron chi connectivity index (χ0n) is 16.8. The predicted molar refractivity (Wildman–Crippen MR) is 113 cm³/mol. The van der Waals surface area contributed by atoms with Crippen molar-refractivity contribution in [2.24, 2.45) is 5.92 Å². The highest BCUT2D eigenvalue weighted by molar-refractivity contribution is 7.10. The Morgan fingerprint density at radius 3 is 2.82 bits per heavy atom. The first kappa shape index (κ1) is 19.6. The third kappa shape index (κ3) is 4.45. The van der Waals surface area contributed by atoms with Crippen LogP contribution in [-0.4, -0.2) is 44.9 Å². The van der Waals surface area contributed by atoms with Gasteiger partial charge >= 0.3 is 0 Å². The fraction of sp³-hybridized carbons (Fsp3) is 0.545. The fourth-order valence-corrected chi connectivity index (χ4v) is 4.87. The number of rotatable bonds is 7. The number of hydrogen-bond acceptors (Lipinski definition) is 6. The largest absolute Gasteiger partial charge is 0.493 e. The Labute approximate surface area is 171 Å². The number of nitrogens with one attached hydrogen (secondary N) is 1. The molecule has 0 aliphatic carbocycles. The summed E-state index contributed by atoms with van der Waals surface area (Å²) in [5.41, 5.74) is 1.15. The van der Waals surface area contributed by atoms with Crippen molar-refractivity contribution >= 4 is 11.3 Å². The van der Waals surface area contributed by atoms with E-state index in [1.54, 1.807) is 7.11 Å². The minimum absolute atomic E-state index is 0.437. The van der Waals surface area contributed by atoms with Gasteiger partial charge in [0.1, 0.15) is 13.2 Å². The topological polar surface area (TPSA) is 43.0 Å². The average molecular weight is 403 g/mol. The van der Waals surface area contributed by atoms with Crippen LogP contribution < -0.4 is 19.5 Å². The molecule has 1 aromatic heterocycles. The molecule has 4 rings (SSSR count). The molecule has 1 saturated heterocycles. The number of likely N-dealkylation sites (tertiary alicyclic amines) is 1. The average Bonchev–Trinajstić information content (AvgIpc) is 3.26. The maximum Gasteiger partial charge on any atom is 0.203 e. The summed E-state index contributed by atoms with van der Waals surface area (Å²) >= 11 is 1.86. The van der Waals surface area contributed by atoms with Gasteiger partial charge in [-0.25, -0.2) is 0 Å². The van der Waals surface area contributed by atoms with Crippen LogP contribution in [0.25, 0.3) is 0 Å². The molecule has 3 heterocycles. The highest BCUT2D eigenvalue weighted by Crippen LogP contribution is 2.40. The molecule has 0 saturated carbocycles. The van der Waals surface area contributed by atoms with E-state index in [4.69, 9.17) is 14.2 Å². The Kier molecular flexibility index (Phi) is 6.40. The first-order chi connectivity index (χ1) is 13.7. The van der Waals surface area contributed by atoms with Crippen LogP contribution in [0.5, 0.6) is 17.2 Å². The van der Waals surface area contributed by atoms with Crippen molar-refractivity contribution in [2.45, 2.75) is 32.4 Å². The normalized spacial score (nSPS) is 18.8. The second kappa shape index (κ2) is 9.16. The van der Waals surface area contributed by atoms with E-state index < -0.39 is 0 Å². The number of nitrogens with zero attached hydrogens (tertiary/aromatic N) is 1. The van der Waals surface area contributed by atoms with Crippen LogP contribution in [0.3, 0.4) is 0 Å². The number of hydrogen-bond donors (Lipinski definition) is 1. The smallest absolute Gasteiger partial charge is 0.203 e. The molecular weight excluding hydrogens is 372 g/mol. The van der Waals surface area contributed by atoms with Gasteiger partial charge in [-0.2, -0.15) is 0 Å². The quantitative estimate of drug-likeness (QED) is 0.756. The van der Waals surface area contributed by atoms with Crippen LogP contribution in [0.4, 0.5) is 0 Å². The summed E-state index contributed by atoms with van der Waals surface area (Å²) in [5.74, 6) is 3.09. The lowest BCUT2D eigenvalue weighted by Crippen LogP contribution is -2.40. The van der Waals surface area contributed by atoms with Gasteiger partial charge in [0.15, 0.2) is 11.5 Å². The van der Waals surface area contributed by atoms with Crippen molar-refractivity contribution in [1.82, 2.24) is 10.2 Å². The summed E-state index contributed by atoms with van der Waals surface area (Å²) in [6, 6.07) is 8.97. The van der Waals surface area contributed by atoms with Crippen LogP contribution >= 0.6 is 11.3 Å². The second-order valence-corrected chi connectivity index (χ2v) is 8.68. The minimum atomic E-state index is 0.437. The van der Waals surface area contributed by atoms with E-state index in [9.17, 15) is 0 Å². The molecule has 0 amide bonds. The molecule has 1 fully saturated rings. The molecule has 28 heavy (non-hydrogen) atoms. The number of benzene rings is 1. The molecule has 1 N–H and O–H groups in total. The molecule has 6 heteroatoms. The maximum atomic E-state index is 5.76. The Morgan fingerprint density at radius 1 is 1.25 bits per heavy atom. The van der Waals surface area contributed by atoms with E-state index >= 15 is 0 Å². The number of methoxy groups -OCH3 is 1. The van der Waals surface area contributed by atoms with E-state index in [-0.39, 0.29) is 0 Å². The lowest BCUT2D eigenvalue weighted by atomic mass is 9.97. The molecule has 0 bridgehead atoms. The number of piperidine rings is 1. The Hall–Kier alpha value is -1.76. The number of ether oxygens (including phenoxy) is 3. The predicted octanol–water partition coefficient (Wildman–Crippen LogP) is 4.09. The molecule has 0 unspecified atom stereocenters. The third-order valence-electron chi connectivity index (χ3n) is 5.69. The highest BCUT2D eigenvalue weighted by Gasteiger charge is 2.25. The second-order valence-electron chi connectivity index (χ2n) is 7.70. The maximum absolute atomic E-state index is 5.76. The Balaban J connectivity index is 1.42. The molecule has 1 aromatic carbocycles. The molecule has 2 aliphatic heterocycles. The molecule has 2 aromatic rings. The fourth-order valence-electron chi connectivity index (χ4n) is 4.01. The zero-order valence-corrected chi connectivity index (χ0v) is 17.6. The van der Waals surface area contributed by atoms with Crippen LogP contribution in [0.2, 0.25) is 0 Å². The van der Waals surface area contributed by atoms with Crippen LogP contribution in [-0.2, 0) is 6.54 Å². The number of fused-ring (bicyclic) bond motifs is 1. The standard InChI is InChI=1S/C22H30N2O3S/c1-16-5-7-24(8-6-16)18(21-4-3-11-28-21)15-23-14-17-12-19(25-2)22-20(13-17)26-9-10-27-22/h3-4,11-13,16,18,23H,5-10,14-15H2,1-2H3/t18-/m1/s1. The van der Waals surface area contributed by atoms with Gasteiger partial charge in [-0.15, -0.1) is 11.3 Å². The molecule has 1 atom stereocenters.